The Kier molecular flexibility index (Phi) is 7.92. The summed E-state index contributed by atoms with van der Waals surface area (Å²) >= 11 is 0. The first kappa shape index (κ1) is 24.6. The predicted molar refractivity (Wildman–Crippen MR) is 132 cm³/mol. The molecule has 5 unspecified atom stereocenters. The lowest BCUT2D eigenvalue weighted by Crippen LogP contribution is -2.45. The van der Waals surface area contributed by atoms with Gasteiger partial charge in [-0.15, -0.1) is 24.0 Å². The molecule has 2 fully saturated rings. The van der Waals surface area contributed by atoms with Crippen LogP contribution in [0, 0.1) is 29.5 Å². The summed E-state index contributed by atoms with van der Waals surface area (Å²) in [6.45, 7) is 1.33. The number of allylic oxidation sites excluding steroid dienone is 2. The number of benzene rings is 1. The van der Waals surface area contributed by atoms with E-state index in [2.05, 4.69) is 32.7 Å². The van der Waals surface area contributed by atoms with Crippen LogP contribution in [0.1, 0.15) is 18.0 Å². The van der Waals surface area contributed by atoms with Crippen molar-refractivity contribution in [2.24, 2.45) is 28.7 Å². The fourth-order valence-electron chi connectivity index (χ4n) is 5.17. The van der Waals surface area contributed by atoms with Crippen molar-refractivity contribution in [1.82, 2.24) is 20.4 Å². The average Bonchev–Trinajstić information content (AvgIpc) is 3.43. The molecule has 2 aliphatic carbocycles. The molecule has 1 aromatic rings. The molecule has 0 radical (unpaired) electrons. The van der Waals surface area contributed by atoms with Crippen LogP contribution in [0.5, 0.6) is 0 Å². The Morgan fingerprint density at radius 1 is 1.12 bits per heavy atom. The molecule has 9 heteroatoms. The van der Waals surface area contributed by atoms with Gasteiger partial charge in [0.1, 0.15) is 5.82 Å². The van der Waals surface area contributed by atoms with Gasteiger partial charge in [0.2, 0.25) is 11.8 Å². The first-order valence-corrected chi connectivity index (χ1v) is 10.8. The Labute approximate surface area is 205 Å². The number of carbonyl (C=O) groups excluding carboxylic acids is 2. The van der Waals surface area contributed by atoms with Gasteiger partial charge < -0.3 is 15.5 Å². The topological polar surface area (TPSA) is 77.0 Å². The summed E-state index contributed by atoms with van der Waals surface area (Å²) in [6, 6.07) is 6.51. The van der Waals surface area contributed by atoms with Crippen LogP contribution >= 0.6 is 24.0 Å². The molecule has 7 nitrogen and oxygen atoms in total. The first-order valence-electron chi connectivity index (χ1n) is 10.8. The van der Waals surface area contributed by atoms with Crippen LogP contribution in [0.4, 0.5) is 4.39 Å². The van der Waals surface area contributed by atoms with E-state index in [1.807, 2.05) is 14.1 Å². The predicted octanol–water partition coefficient (Wildman–Crippen LogP) is 2.02. The van der Waals surface area contributed by atoms with Gasteiger partial charge in [-0.25, -0.2) is 4.39 Å². The molecule has 2 amide bonds. The molecular weight excluding hydrogens is 524 g/mol. The zero-order chi connectivity index (χ0) is 22.1. The molecule has 1 aromatic carbocycles. The lowest BCUT2D eigenvalue weighted by molar-refractivity contribution is -0.140. The van der Waals surface area contributed by atoms with Gasteiger partial charge in [-0.05, 0) is 50.0 Å². The number of hydrogen-bond acceptors (Lipinski definition) is 4. The third kappa shape index (κ3) is 4.68. The van der Waals surface area contributed by atoms with Gasteiger partial charge in [0.25, 0.3) is 0 Å². The molecule has 4 rings (SSSR count). The Morgan fingerprint density at radius 2 is 1.72 bits per heavy atom. The molecule has 174 valence electrons. The SMILES string of the molecule is CN=C(NCCN1C(=O)C2C3C=CC(C3)C2C1=O)NCC(c1ccc(F)cc1)N(C)C.I. The van der Waals surface area contributed by atoms with E-state index in [4.69, 9.17) is 0 Å². The number of carbonyl (C=O) groups is 2. The highest BCUT2D eigenvalue weighted by Crippen LogP contribution is 2.52. The molecule has 3 aliphatic rings. The standard InChI is InChI=1S/C23H30FN5O2.HI/c1-25-23(27-13-18(28(2)3)14-6-8-17(24)9-7-14)26-10-11-29-21(30)19-15-4-5-16(12-15)20(19)22(29)31;/h4-9,15-16,18-20H,10-13H2,1-3H3,(H2,25,26,27);1H. The molecule has 2 bridgehead atoms. The fourth-order valence-corrected chi connectivity index (χ4v) is 5.17. The number of amides is 2. The van der Waals surface area contributed by atoms with E-state index >= 15 is 0 Å². The molecule has 0 spiro atoms. The molecule has 2 N–H and O–H groups in total. The Morgan fingerprint density at radius 3 is 2.25 bits per heavy atom. The van der Waals surface area contributed by atoms with E-state index < -0.39 is 0 Å². The Hall–Kier alpha value is -2.01. The maximum atomic E-state index is 13.2. The minimum atomic E-state index is -0.259. The number of likely N-dealkylation sites (N-methyl/N-ethyl adjacent to an activating group) is 1. The number of likely N-dealkylation sites (tertiary alicyclic amines) is 1. The monoisotopic (exact) mass is 555 g/mol. The van der Waals surface area contributed by atoms with Gasteiger partial charge in [-0.2, -0.15) is 0 Å². The van der Waals surface area contributed by atoms with Gasteiger partial charge in [0.15, 0.2) is 5.96 Å². The minimum absolute atomic E-state index is 0. The largest absolute Gasteiger partial charge is 0.355 e. The third-order valence-electron chi connectivity index (χ3n) is 6.75. The molecule has 0 aromatic heterocycles. The van der Waals surface area contributed by atoms with Crippen LogP contribution < -0.4 is 10.6 Å². The van der Waals surface area contributed by atoms with Crippen molar-refractivity contribution in [2.45, 2.75) is 12.5 Å². The van der Waals surface area contributed by atoms with Crippen molar-refractivity contribution >= 4 is 41.8 Å². The van der Waals surface area contributed by atoms with Gasteiger partial charge in [0.05, 0.1) is 17.9 Å². The summed E-state index contributed by atoms with van der Waals surface area (Å²) < 4.78 is 13.2. The number of halogens is 2. The number of nitrogens with one attached hydrogen (secondary N) is 2. The first-order chi connectivity index (χ1) is 14.9. The summed E-state index contributed by atoms with van der Waals surface area (Å²) in [4.78, 5) is 33.2. The lowest BCUT2D eigenvalue weighted by Gasteiger charge is -2.26. The van der Waals surface area contributed by atoms with E-state index in [0.29, 0.717) is 25.6 Å². The van der Waals surface area contributed by atoms with E-state index in [9.17, 15) is 14.0 Å². The van der Waals surface area contributed by atoms with Crippen molar-refractivity contribution in [3.8, 4) is 0 Å². The fraction of sp³-hybridized carbons (Fsp3) is 0.522. The number of imide groups is 1. The molecule has 1 heterocycles. The van der Waals surface area contributed by atoms with Crippen LogP contribution in [-0.2, 0) is 9.59 Å². The number of rotatable bonds is 7. The second kappa shape index (κ2) is 10.3. The molecule has 32 heavy (non-hydrogen) atoms. The number of guanidine groups is 1. The lowest BCUT2D eigenvalue weighted by atomic mass is 9.85. The zero-order valence-electron chi connectivity index (χ0n) is 18.6. The number of fused-ring (bicyclic) bond motifs is 5. The quantitative estimate of drug-likeness (QED) is 0.177. The van der Waals surface area contributed by atoms with E-state index in [-0.39, 0.29) is 71.3 Å². The number of hydrogen-bond donors (Lipinski definition) is 2. The average molecular weight is 555 g/mol. The number of nitrogens with zero attached hydrogens (tertiary/aromatic N) is 3. The molecule has 1 aliphatic heterocycles. The van der Waals surface area contributed by atoms with Crippen molar-refractivity contribution in [3.63, 3.8) is 0 Å². The van der Waals surface area contributed by atoms with Crippen molar-refractivity contribution in [2.75, 3.05) is 40.8 Å². The van der Waals surface area contributed by atoms with Crippen LogP contribution in [0.25, 0.3) is 0 Å². The summed E-state index contributed by atoms with van der Waals surface area (Å²) in [5.41, 5.74) is 0.998. The van der Waals surface area contributed by atoms with Gasteiger partial charge in [-0.1, -0.05) is 24.3 Å². The van der Waals surface area contributed by atoms with Gasteiger partial charge in [-0.3, -0.25) is 19.5 Å². The van der Waals surface area contributed by atoms with Gasteiger partial charge >= 0.3 is 0 Å². The Balaban J connectivity index is 0.00000289. The maximum Gasteiger partial charge on any atom is 0.233 e. The second-order valence-corrected chi connectivity index (χ2v) is 8.74. The smallest absolute Gasteiger partial charge is 0.233 e. The van der Waals surface area contributed by atoms with Crippen LogP contribution in [0.3, 0.4) is 0 Å². The third-order valence-corrected chi connectivity index (χ3v) is 6.75. The van der Waals surface area contributed by atoms with Crippen molar-refractivity contribution < 1.29 is 14.0 Å². The normalized spacial score (nSPS) is 27.0. The molecule has 1 saturated carbocycles. The molecular formula is C23H31FIN5O2. The molecule has 5 atom stereocenters. The molecule has 1 saturated heterocycles. The van der Waals surface area contributed by atoms with E-state index in [1.165, 1.54) is 17.0 Å². The highest BCUT2D eigenvalue weighted by molar-refractivity contribution is 14.0. The maximum absolute atomic E-state index is 13.2. The summed E-state index contributed by atoms with van der Waals surface area (Å²) in [6.07, 6.45) is 5.15. The van der Waals surface area contributed by atoms with Gasteiger partial charge in [0, 0.05) is 26.7 Å². The van der Waals surface area contributed by atoms with Crippen molar-refractivity contribution in [1.29, 1.82) is 0 Å². The highest BCUT2D eigenvalue weighted by Gasteiger charge is 2.58. The summed E-state index contributed by atoms with van der Waals surface area (Å²) in [7, 11) is 5.61. The van der Waals surface area contributed by atoms with Crippen molar-refractivity contribution in [3.05, 3.63) is 47.8 Å². The number of aliphatic imine (C=N–C) groups is 1. The summed E-state index contributed by atoms with van der Waals surface area (Å²) in [5.74, 6) is 0.427. The van der Waals surface area contributed by atoms with Crippen LogP contribution in [0.2, 0.25) is 0 Å². The Bertz CT molecular complexity index is 874. The minimum Gasteiger partial charge on any atom is -0.355 e. The second-order valence-electron chi connectivity index (χ2n) is 8.74. The zero-order valence-corrected chi connectivity index (χ0v) is 21.0. The van der Waals surface area contributed by atoms with Crippen LogP contribution in [0.15, 0.2) is 41.4 Å². The summed E-state index contributed by atoms with van der Waals surface area (Å²) in [5, 5.41) is 6.48. The highest BCUT2D eigenvalue weighted by atomic mass is 127. The van der Waals surface area contributed by atoms with E-state index in [0.717, 1.165) is 12.0 Å². The van der Waals surface area contributed by atoms with Crippen LogP contribution in [-0.4, -0.2) is 68.4 Å². The van der Waals surface area contributed by atoms with E-state index in [1.54, 1.807) is 19.2 Å².